The van der Waals surface area contributed by atoms with Crippen molar-refractivity contribution in [3.63, 3.8) is 0 Å². The molecule has 3 heterocycles. The molecule has 0 aliphatic rings. The summed E-state index contributed by atoms with van der Waals surface area (Å²) in [5.41, 5.74) is 12.8. The third kappa shape index (κ3) is 5.23. The molecule has 0 atom stereocenters. The van der Waals surface area contributed by atoms with Crippen molar-refractivity contribution in [2.45, 2.75) is 20.8 Å². The first-order valence-electron chi connectivity index (χ1n) is 14.9. The van der Waals surface area contributed by atoms with Gasteiger partial charge in [0.1, 0.15) is 0 Å². The molecule has 4 nitrogen and oxygen atoms in total. The first-order chi connectivity index (χ1) is 21.5. The van der Waals surface area contributed by atoms with Gasteiger partial charge in [0.25, 0.3) is 0 Å². The molecule has 44 heavy (non-hydrogen) atoms. The molecule has 7 rings (SSSR count). The third-order valence-corrected chi connectivity index (χ3v) is 8.15. The smallest absolute Gasteiger partial charge is 0.0709 e. The SMILES string of the molecule is Cc1cnc(-c2cccc(N(c3cccc(-c4cc5ccccc5cn4)c3)c3c(C)ccnc3C)c2)cc1-c1ccccc1. The van der Waals surface area contributed by atoms with E-state index in [0.717, 1.165) is 61.8 Å². The summed E-state index contributed by atoms with van der Waals surface area (Å²) in [4.78, 5) is 16.7. The summed E-state index contributed by atoms with van der Waals surface area (Å²) in [6, 6.07) is 42.5. The molecule has 0 spiro atoms. The van der Waals surface area contributed by atoms with Gasteiger partial charge in [-0.1, -0.05) is 78.9 Å². The van der Waals surface area contributed by atoms with E-state index in [1.807, 2.05) is 30.7 Å². The number of pyridine rings is 3. The van der Waals surface area contributed by atoms with Gasteiger partial charge in [0.15, 0.2) is 0 Å². The first kappa shape index (κ1) is 27.2. The van der Waals surface area contributed by atoms with Crippen molar-refractivity contribution in [2.75, 3.05) is 4.90 Å². The van der Waals surface area contributed by atoms with Crippen LogP contribution in [0.15, 0.2) is 140 Å². The van der Waals surface area contributed by atoms with Crippen LogP contribution in [0.2, 0.25) is 0 Å². The molecule has 4 aromatic carbocycles. The van der Waals surface area contributed by atoms with E-state index in [2.05, 4.69) is 135 Å². The zero-order chi connectivity index (χ0) is 30.0. The Kier molecular flexibility index (Phi) is 7.17. The van der Waals surface area contributed by atoms with E-state index < -0.39 is 0 Å². The fraction of sp³-hybridized carbons (Fsp3) is 0.0750. The van der Waals surface area contributed by atoms with Gasteiger partial charge < -0.3 is 4.90 Å². The van der Waals surface area contributed by atoms with Gasteiger partial charge in [-0.3, -0.25) is 15.0 Å². The van der Waals surface area contributed by atoms with E-state index in [-0.39, 0.29) is 0 Å². The zero-order valence-corrected chi connectivity index (χ0v) is 25.1. The lowest BCUT2D eigenvalue weighted by Crippen LogP contribution is -2.13. The minimum atomic E-state index is 0.935. The van der Waals surface area contributed by atoms with Crippen molar-refractivity contribution in [3.05, 3.63) is 157 Å². The van der Waals surface area contributed by atoms with Crippen LogP contribution in [-0.2, 0) is 0 Å². The molecule has 0 radical (unpaired) electrons. The van der Waals surface area contributed by atoms with Gasteiger partial charge in [-0.15, -0.1) is 0 Å². The standard InChI is InChI=1S/C40H32N4/c1-27-19-20-41-29(3)40(27)44(35-17-9-15-32(21-35)38-23-31-13-7-8-14-34(31)26-43-38)36-18-10-16-33(22-36)39-24-37(28(2)25-42-39)30-11-5-4-6-12-30/h4-26H,1-3H3. The van der Waals surface area contributed by atoms with Crippen molar-refractivity contribution in [1.29, 1.82) is 0 Å². The van der Waals surface area contributed by atoms with Crippen molar-refractivity contribution in [3.8, 4) is 33.6 Å². The number of rotatable bonds is 6. The summed E-state index contributed by atoms with van der Waals surface area (Å²) in [7, 11) is 0. The minimum Gasteiger partial charge on any atom is -0.308 e. The minimum absolute atomic E-state index is 0.935. The molecular formula is C40H32N4. The number of nitrogens with zero attached hydrogens (tertiary/aromatic N) is 4. The van der Waals surface area contributed by atoms with Crippen molar-refractivity contribution in [1.82, 2.24) is 15.0 Å². The lowest BCUT2D eigenvalue weighted by Gasteiger charge is -2.29. The van der Waals surface area contributed by atoms with Crippen LogP contribution >= 0.6 is 0 Å². The van der Waals surface area contributed by atoms with Crippen molar-refractivity contribution in [2.24, 2.45) is 0 Å². The monoisotopic (exact) mass is 568 g/mol. The fourth-order valence-electron chi connectivity index (χ4n) is 5.89. The Morgan fingerprint density at radius 3 is 1.80 bits per heavy atom. The average Bonchev–Trinajstić information content (AvgIpc) is 3.07. The molecule has 0 N–H and O–H groups in total. The van der Waals surface area contributed by atoms with Gasteiger partial charge in [-0.25, -0.2) is 0 Å². The second-order valence-corrected chi connectivity index (χ2v) is 11.2. The summed E-state index contributed by atoms with van der Waals surface area (Å²) in [5.74, 6) is 0. The Hall–Kier alpha value is -5.61. The van der Waals surface area contributed by atoms with Crippen LogP contribution in [0.4, 0.5) is 17.1 Å². The van der Waals surface area contributed by atoms with Crippen LogP contribution in [0, 0.1) is 20.8 Å². The molecule has 7 aromatic rings. The Morgan fingerprint density at radius 2 is 1.09 bits per heavy atom. The van der Waals surface area contributed by atoms with Crippen LogP contribution in [0.5, 0.6) is 0 Å². The van der Waals surface area contributed by atoms with Crippen LogP contribution in [0.1, 0.15) is 16.8 Å². The lowest BCUT2D eigenvalue weighted by atomic mass is 9.99. The van der Waals surface area contributed by atoms with E-state index in [4.69, 9.17) is 15.0 Å². The number of hydrogen-bond acceptors (Lipinski definition) is 4. The van der Waals surface area contributed by atoms with Crippen LogP contribution in [-0.4, -0.2) is 15.0 Å². The molecular weight excluding hydrogens is 536 g/mol. The summed E-state index contributed by atoms with van der Waals surface area (Å²) in [5, 5.41) is 2.31. The van der Waals surface area contributed by atoms with Crippen molar-refractivity contribution < 1.29 is 0 Å². The quantitative estimate of drug-likeness (QED) is 0.200. The fourth-order valence-corrected chi connectivity index (χ4v) is 5.89. The second-order valence-electron chi connectivity index (χ2n) is 11.2. The van der Waals surface area contributed by atoms with Gasteiger partial charge in [-0.2, -0.15) is 0 Å². The zero-order valence-electron chi connectivity index (χ0n) is 25.1. The van der Waals surface area contributed by atoms with E-state index >= 15 is 0 Å². The highest BCUT2D eigenvalue weighted by atomic mass is 15.2. The molecule has 212 valence electrons. The van der Waals surface area contributed by atoms with Gasteiger partial charge >= 0.3 is 0 Å². The summed E-state index contributed by atoms with van der Waals surface area (Å²) < 4.78 is 0. The summed E-state index contributed by atoms with van der Waals surface area (Å²) >= 11 is 0. The molecule has 0 bridgehead atoms. The Bertz CT molecular complexity index is 2100. The summed E-state index contributed by atoms with van der Waals surface area (Å²) in [6.45, 7) is 6.33. The Balaban J connectivity index is 1.36. The average molecular weight is 569 g/mol. The molecule has 0 aliphatic carbocycles. The number of fused-ring (bicyclic) bond motifs is 1. The Labute approximate surface area is 258 Å². The van der Waals surface area contributed by atoms with Crippen LogP contribution < -0.4 is 4.90 Å². The lowest BCUT2D eigenvalue weighted by molar-refractivity contribution is 1.12. The number of hydrogen-bond donors (Lipinski definition) is 0. The molecule has 4 heteroatoms. The van der Waals surface area contributed by atoms with E-state index in [0.29, 0.717) is 0 Å². The molecule has 3 aromatic heterocycles. The number of anilines is 3. The van der Waals surface area contributed by atoms with E-state index in [9.17, 15) is 0 Å². The van der Waals surface area contributed by atoms with Crippen LogP contribution in [0.25, 0.3) is 44.4 Å². The maximum Gasteiger partial charge on any atom is 0.0709 e. The normalized spacial score (nSPS) is 11.1. The molecule has 0 unspecified atom stereocenters. The highest BCUT2D eigenvalue weighted by molar-refractivity contribution is 5.87. The third-order valence-electron chi connectivity index (χ3n) is 8.15. The van der Waals surface area contributed by atoms with Gasteiger partial charge in [0.05, 0.1) is 22.8 Å². The van der Waals surface area contributed by atoms with E-state index in [1.165, 1.54) is 16.5 Å². The highest BCUT2D eigenvalue weighted by Crippen LogP contribution is 2.41. The van der Waals surface area contributed by atoms with E-state index in [1.54, 1.807) is 0 Å². The maximum absolute atomic E-state index is 4.86. The molecule has 0 fully saturated rings. The van der Waals surface area contributed by atoms with Gasteiger partial charge in [-0.05, 0) is 90.9 Å². The predicted molar refractivity (Wildman–Crippen MR) is 183 cm³/mol. The molecule has 0 saturated heterocycles. The van der Waals surface area contributed by atoms with Crippen molar-refractivity contribution >= 4 is 27.8 Å². The Morgan fingerprint density at radius 1 is 0.477 bits per heavy atom. The molecule has 0 saturated carbocycles. The highest BCUT2D eigenvalue weighted by Gasteiger charge is 2.19. The predicted octanol–water partition coefficient (Wildman–Crippen LogP) is 10.4. The van der Waals surface area contributed by atoms with Crippen LogP contribution in [0.3, 0.4) is 0 Å². The second kappa shape index (κ2) is 11.6. The number of aryl methyl sites for hydroxylation is 3. The maximum atomic E-state index is 4.86. The first-order valence-corrected chi connectivity index (χ1v) is 14.9. The number of benzene rings is 4. The molecule has 0 aliphatic heterocycles. The van der Waals surface area contributed by atoms with Gasteiger partial charge in [0.2, 0.25) is 0 Å². The molecule has 0 amide bonds. The summed E-state index contributed by atoms with van der Waals surface area (Å²) in [6.07, 6.45) is 5.79. The van der Waals surface area contributed by atoms with Gasteiger partial charge in [0, 0.05) is 46.5 Å². The largest absolute Gasteiger partial charge is 0.308 e. The number of aromatic nitrogens is 3. The topological polar surface area (TPSA) is 41.9 Å².